The van der Waals surface area contributed by atoms with Crippen LogP contribution in [0.3, 0.4) is 0 Å². The van der Waals surface area contributed by atoms with Gasteiger partial charge in [0.2, 0.25) is 0 Å². The highest BCUT2D eigenvalue weighted by Gasteiger charge is 2.44. The molecule has 1 heterocycles. The number of methoxy groups -OCH3 is 1. The SMILES string of the molecule is C=CCn1c(OC)c2c(c1[C@H]1C[C@@H]1c1ccccc1)CCCC2. The van der Waals surface area contributed by atoms with Gasteiger partial charge in [-0.15, -0.1) is 6.58 Å². The minimum atomic E-state index is 0.646. The second-order valence-corrected chi connectivity index (χ2v) is 6.82. The maximum absolute atomic E-state index is 5.81. The molecular weight excluding hydrogens is 282 g/mol. The summed E-state index contributed by atoms with van der Waals surface area (Å²) >= 11 is 0. The zero-order chi connectivity index (χ0) is 15.8. The molecule has 1 saturated carbocycles. The van der Waals surface area contributed by atoms with Crippen LogP contribution in [0, 0.1) is 0 Å². The van der Waals surface area contributed by atoms with E-state index < -0.39 is 0 Å². The van der Waals surface area contributed by atoms with E-state index >= 15 is 0 Å². The van der Waals surface area contributed by atoms with Gasteiger partial charge in [-0.2, -0.15) is 0 Å². The molecule has 0 bridgehead atoms. The van der Waals surface area contributed by atoms with Crippen molar-refractivity contribution in [1.82, 2.24) is 4.57 Å². The van der Waals surface area contributed by atoms with Crippen LogP contribution in [0.2, 0.25) is 0 Å². The van der Waals surface area contributed by atoms with Crippen LogP contribution < -0.4 is 4.74 Å². The molecule has 1 aromatic heterocycles. The molecule has 2 aromatic rings. The quantitative estimate of drug-likeness (QED) is 0.721. The number of ether oxygens (including phenoxy) is 1. The molecule has 1 aromatic carbocycles. The Hall–Kier alpha value is -1.96. The largest absolute Gasteiger partial charge is 0.482 e. The van der Waals surface area contributed by atoms with Crippen molar-refractivity contribution < 1.29 is 4.74 Å². The molecule has 0 N–H and O–H groups in total. The smallest absolute Gasteiger partial charge is 0.197 e. The molecule has 4 rings (SSSR count). The molecule has 0 spiro atoms. The number of aromatic nitrogens is 1. The van der Waals surface area contributed by atoms with Crippen molar-refractivity contribution >= 4 is 0 Å². The highest BCUT2D eigenvalue weighted by Crippen LogP contribution is 2.57. The van der Waals surface area contributed by atoms with Gasteiger partial charge in [-0.05, 0) is 49.1 Å². The fraction of sp³-hybridized carbons (Fsp3) is 0.429. The third kappa shape index (κ3) is 2.41. The summed E-state index contributed by atoms with van der Waals surface area (Å²) in [6, 6.07) is 11.0. The summed E-state index contributed by atoms with van der Waals surface area (Å²) in [6.07, 6.45) is 8.23. The third-order valence-electron chi connectivity index (χ3n) is 5.45. The lowest BCUT2D eigenvalue weighted by Gasteiger charge is -2.13. The first-order valence-electron chi connectivity index (χ1n) is 8.79. The highest BCUT2D eigenvalue weighted by atomic mass is 16.5. The first-order valence-corrected chi connectivity index (χ1v) is 8.79. The first-order chi connectivity index (χ1) is 11.3. The fourth-order valence-corrected chi connectivity index (χ4v) is 4.39. The fourth-order valence-electron chi connectivity index (χ4n) is 4.39. The van der Waals surface area contributed by atoms with Gasteiger partial charge in [0.15, 0.2) is 5.88 Å². The van der Waals surface area contributed by atoms with E-state index in [-0.39, 0.29) is 0 Å². The molecule has 2 heteroatoms. The Morgan fingerprint density at radius 1 is 1.13 bits per heavy atom. The Labute approximate surface area is 138 Å². The minimum absolute atomic E-state index is 0.646. The van der Waals surface area contributed by atoms with Gasteiger partial charge in [-0.25, -0.2) is 0 Å². The summed E-state index contributed by atoms with van der Waals surface area (Å²) in [5.74, 6) is 2.41. The molecule has 2 aliphatic carbocycles. The number of benzene rings is 1. The van der Waals surface area contributed by atoms with Crippen LogP contribution in [0.15, 0.2) is 43.0 Å². The zero-order valence-electron chi connectivity index (χ0n) is 13.9. The number of rotatable bonds is 5. The molecule has 23 heavy (non-hydrogen) atoms. The van der Waals surface area contributed by atoms with E-state index in [4.69, 9.17) is 4.74 Å². The average molecular weight is 307 g/mol. The Morgan fingerprint density at radius 2 is 1.87 bits per heavy atom. The van der Waals surface area contributed by atoms with E-state index in [0.717, 1.165) is 12.4 Å². The molecule has 1 fully saturated rings. The van der Waals surface area contributed by atoms with Crippen LogP contribution in [0.1, 0.15) is 53.5 Å². The van der Waals surface area contributed by atoms with Gasteiger partial charge >= 0.3 is 0 Å². The predicted octanol–water partition coefficient (Wildman–Crippen LogP) is 4.83. The minimum Gasteiger partial charge on any atom is -0.482 e. The summed E-state index contributed by atoms with van der Waals surface area (Å²) in [5, 5.41) is 0. The molecule has 0 aliphatic heterocycles. The summed E-state index contributed by atoms with van der Waals surface area (Å²) in [7, 11) is 1.81. The lowest BCUT2D eigenvalue weighted by molar-refractivity contribution is 0.370. The van der Waals surface area contributed by atoms with Gasteiger partial charge in [0.05, 0.1) is 7.11 Å². The van der Waals surface area contributed by atoms with Gasteiger partial charge in [0.25, 0.3) is 0 Å². The van der Waals surface area contributed by atoms with Gasteiger partial charge < -0.3 is 9.30 Å². The number of allylic oxidation sites excluding steroid dienone is 1. The van der Waals surface area contributed by atoms with Crippen LogP contribution in [-0.2, 0) is 19.4 Å². The molecule has 0 unspecified atom stereocenters. The molecule has 2 atom stereocenters. The molecule has 0 radical (unpaired) electrons. The van der Waals surface area contributed by atoms with Crippen LogP contribution in [0.25, 0.3) is 0 Å². The molecule has 2 aliphatic rings. The van der Waals surface area contributed by atoms with Gasteiger partial charge in [-0.1, -0.05) is 36.4 Å². The van der Waals surface area contributed by atoms with E-state index in [1.165, 1.54) is 48.9 Å². The number of fused-ring (bicyclic) bond motifs is 1. The Kier molecular flexibility index (Phi) is 3.76. The Balaban J connectivity index is 1.76. The van der Waals surface area contributed by atoms with Crippen molar-refractivity contribution in [3.63, 3.8) is 0 Å². The zero-order valence-corrected chi connectivity index (χ0v) is 13.9. The monoisotopic (exact) mass is 307 g/mol. The Morgan fingerprint density at radius 3 is 2.57 bits per heavy atom. The maximum atomic E-state index is 5.81. The van der Waals surface area contributed by atoms with E-state index in [1.54, 1.807) is 5.56 Å². The van der Waals surface area contributed by atoms with E-state index in [0.29, 0.717) is 11.8 Å². The molecular formula is C21H25NO. The normalized spacial score (nSPS) is 22.5. The van der Waals surface area contributed by atoms with Crippen LogP contribution in [0.4, 0.5) is 0 Å². The second kappa shape index (κ2) is 5.92. The summed E-state index contributed by atoms with van der Waals surface area (Å²) in [5.41, 5.74) is 6.06. The lowest BCUT2D eigenvalue weighted by Crippen LogP contribution is -2.05. The highest BCUT2D eigenvalue weighted by molar-refractivity contribution is 5.49. The van der Waals surface area contributed by atoms with Crippen molar-refractivity contribution in [2.24, 2.45) is 0 Å². The van der Waals surface area contributed by atoms with Gasteiger partial charge in [0.1, 0.15) is 0 Å². The standard InChI is InChI=1S/C21H25NO/c1-3-13-22-20(16-11-7-8-12-17(16)21(22)23-2)19-14-18(19)15-9-5-4-6-10-15/h3-6,9-10,18-19H,1,7-8,11-14H2,2H3/t18-,19+/m1/s1. The van der Waals surface area contributed by atoms with Crippen LogP contribution in [-0.4, -0.2) is 11.7 Å². The average Bonchev–Trinajstić information content (AvgIpc) is 3.32. The van der Waals surface area contributed by atoms with Crippen LogP contribution >= 0.6 is 0 Å². The van der Waals surface area contributed by atoms with Crippen molar-refractivity contribution in [2.45, 2.75) is 50.5 Å². The van der Waals surface area contributed by atoms with E-state index in [2.05, 4.69) is 41.5 Å². The van der Waals surface area contributed by atoms with Crippen molar-refractivity contribution in [1.29, 1.82) is 0 Å². The number of hydrogen-bond acceptors (Lipinski definition) is 1. The summed E-state index contributed by atoms with van der Waals surface area (Å²) < 4.78 is 8.21. The van der Waals surface area contributed by atoms with E-state index in [9.17, 15) is 0 Å². The molecule has 2 nitrogen and oxygen atoms in total. The maximum Gasteiger partial charge on any atom is 0.197 e. The van der Waals surface area contributed by atoms with Crippen molar-refractivity contribution in [3.05, 3.63) is 65.4 Å². The topological polar surface area (TPSA) is 14.2 Å². The summed E-state index contributed by atoms with van der Waals surface area (Å²) in [6.45, 7) is 4.81. The third-order valence-corrected chi connectivity index (χ3v) is 5.45. The predicted molar refractivity (Wildman–Crippen MR) is 94.4 cm³/mol. The molecule has 0 amide bonds. The Bertz CT molecular complexity index is 713. The molecule has 0 saturated heterocycles. The van der Waals surface area contributed by atoms with Crippen molar-refractivity contribution in [3.8, 4) is 5.88 Å². The lowest BCUT2D eigenvalue weighted by atomic mass is 9.92. The second-order valence-electron chi connectivity index (χ2n) is 6.82. The van der Waals surface area contributed by atoms with Crippen LogP contribution in [0.5, 0.6) is 5.88 Å². The van der Waals surface area contributed by atoms with Gasteiger partial charge in [0, 0.05) is 23.7 Å². The first kappa shape index (κ1) is 14.6. The number of hydrogen-bond donors (Lipinski definition) is 0. The van der Waals surface area contributed by atoms with E-state index in [1.807, 2.05) is 13.2 Å². The molecule has 120 valence electrons. The number of nitrogens with zero attached hydrogens (tertiary/aromatic N) is 1. The van der Waals surface area contributed by atoms with Crippen molar-refractivity contribution in [2.75, 3.05) is 7.11 Å². The van der Waals surface area contributed by atoms with Gasteiger partial charge in [-0.3, -0.25) is 0 Å². The summed E-state index contributed by atoms with van der Waals surface area (Å²) in [4.78, 5) is 0.